The van der Waals surface area contributed by atoms with E-state index in [0.29, 0.717) is 6.04 Å². The third-order valence-electron chi connectivity index (χ3n) is 3.80. The highest BCUT2D eigenvalue weighted by Crippen LogP contribution is 2.17. The summed E-state index contributed by atoms with van der Waals surface area (Å²) in [4.78, 5) is 0. The maximum atomic E-state index is 4.05. The van der Waals surface area contributed by atoms with E-state index in [2.05, 4.69) is 44.6 Å². The van der Waals surface area contributed by atoms with Gasteiger partial charge in [0.2, 0.25) is 0 Å². The fourth-order valence-corrected chi connectivity index (χ4v) is 2.25. The van der Waals surface area contributed by atoms with Crippen molar-refractivity contribution in [3.05, 3.63) is 36.1 Å². The lowest BCUT2D eigenvalue weighted by molar-refractivity contribution is 0.424. The average molecular weight is 248 g/mol. The monoisotopic (exact) mass is 248 g/mol. The molecule has 0 aromatic carbocycles. The molecule has 0 aromatic rings. The Hall–Kier alpha value is -1.02. The molecule has 102 valence electrons. The Morgan fingerprint density at radius 1 is 1.56 bits per heavy atom. The Balaban J connectivity index is 2.65. The van der Waals surface area contributed by atoms with Gasteiger partial charge in [-0.25, -0.2) is 0 Å². The Morgan fingerprint density at radius 2 is 2.28 bits per heavy atom. The van der Waals surface area contributed by atoms with Gasteiger partial charge in [0.25, 0.3) is 0 Å². The molecule has 0 bridgehead atoms. The van der Waals surface area contributed by atoms with Gasteiger partial charge in [0.05, 0.1) is 0 Å². The lowest BCUT2D eigenvalue weighted by Gasteiger charge is -2.20. The molecule has 1 heterocycles. The zero-order valence-electron chi connectivity index (χ0n) is 12.2. The van der Waals surface area contributed by atoms with Crippen LogP contribution in [0.2, 0.25) is 0 Å². The summed E-state index contributed by atoms with van der Waals surface area (Å²) in [6.07, 6.45) is 5.68. The molecule has 2 nitrogen and oxygen atoms in total. The van der Waals surface area contributed by atoms with Crippen molar-refractivity contribution >= 4 is 0 Å². The van der Waals surface area contributed by atoms with Crippen LogP contribution < -0.4 is 10.6 Å². The van der Waals surface area contributed by atoms with Crippen LogP contribution in [0.5, 0.6) is 0 Å². The molecule has 18 heavy (non-hydrogen) atoms. The van der Waals surface area contributed by atoms with Crippen molar-refractivity contribution in [3.63, 3.8) is 0 Å². The maximum Gasteiger partial charge on any atom is 0.0386 e. The van der Waals surface area contributed by atoms with Crippen LogP contribution in [0.3, 0.4) is 0 Å². The van der Waals surface area contributed by atoms with Gasteiger partial charge in [0.15, 0.2) is 0 Å². The van der Waals surface area contributed by atoms with Crippen LogP contribution in [0, 0.1) is 5.92 Å². The van der Waals surface area contributed by atoms with E-state index in [1.165, 1.54) is 24.8 Å². The Labute approximate surface area is 112 Å². The lowest BCUT2D eigenvalue weighted by Crippen LogP contribution is -2.35. The summed E-state index contributed by atoms with van der Waals surface area (Å²) in [6.45, 7) is 16.5. The van der Waals surface area contributed by atoms with E-state index in [1.54, 1.807) is 0 Å². The number of rotatable bonds is 6. The predicted molar refractivity (Wildman–Crippen MR) is 80.5 cm³/mol. The molecule has 0 saturated carbocycles. The predicted octanol–water partition coefficient (Wildman–Crippen LogP) is 3.39. The van der Waals surface area contributed by atoms with Crippen molar-refractivity contribution in [1.82, 2.24) is 10.6 Å². The van der Waals surface area contributed by atoms with E-state index in [1.807, 2.05) is 6.08 Å². The molecule has 1 aliphatic rings. The van der Waals surface area contributed by atoms with Crippen LogP contribution in [0.1, 0.15) is 40.0 Å². The van der Waals surface area contributed by atoms with Crippen molar-refractivity contribution < 1.29 is 0 Å². The summed E-state index contributed by atoms with van der Waals surface area (Å²) < 4.78 is 0. The fourth-order valence-electron chi connectivity index (χ4n) is 2.25. The minimum Gasteiger partial charge on any atom is -0.381 e. The molecule has 2 N–H and O–H groups in total. The Morgan fingerprint density at radius 3 is 2.83 bits per heavy atom. The van der Waals surface area contributed by atoms with Gasteiger partial charge in [-0.1, -0.05) is 39.0 Å². The Kier molecular flexibility index (Phi) is 6.20. The van der Waals surface area contributed by atoms with E-state index in [0.717, 1.165) is 30.3 Å². The van der Waals surface area contributed by atoms with Gasteiger partial charge in [-0.05, 0) is 37.3 Å². The van der Waals surface area contributed by atoms with Crippen molar-refractivity contribution in [1.29, 1.82) is 0 Å². The third kappa shape index (κ3) is 4.34. The van der Waals surface area contributed by atoms with Gasteiger partial charge >= 0.3 is 0 Å². The maximum absolute atomic E-state index is 4.05. The molecular weight excluding hydrogens is 220 g/mol. The topological polar surface area (TPSA) is 24.1 Å². The smallest absolute Gasteiger partial charge is 0.0386 e. The molecule has 0 radical (unpaired) electrons. The molecule has 1 aliphatic heterocycles. The largest absolute Gasteiger partial charge is 0.381 e. The van der Waals surface area contributed by atoms with E-state index in [4.69, 9.17) is 0 Å². The minimum atomic E-state index is 0.504. The lowest BCUT2D eigenvalue weighted by atomic mass is 9.99. The first-order valence-electron chi connectivity index (χ1n) is 7.07. The van der Waals surface area contributed by atoms with E-state index in [-0.39, 0.29) is 0 Å². The first-order valence-corrected chi connectivity index (χ1v) is 7.07. The zero-order chi connectivity index (χ0) is 13.5. The molecule has 0 amide bonds. The van der Waals surface area contributed by atoms with Crippen molar-refractivity contribution in [2.24, 2.45) is 5.92 Å². The summed E-state index contributed by atoms with van der Waals surface area (Å²) in [5.41, 5.74) is 3.53. The second-order valence-corrected chi connectivity index (χ2v) is 5.44. The van der Waals surface area contributed by atoms with Crippen LogP contribution in [0.15, 0.2) is 36.1 Å². The van der Waals surface area contributed by atoms with Crippen molar-refractivity contribution in [3.8, 4) is 0 Å². The summed E-state index contributed by atoms with van der Waals surface area (Å²) in [6, 6.07) is 0.504. The Bertz CT molecular complexity index is 328. The molecular formula is C16H28N2. The van der Waals surface area contributed by atoms with Crippen LogP contribution >= 0.6 is 0 Å². The molecule has 0 aliphatic carbocycles. The van der Waals surface area contributed by atoms with Crippen LogP contribution in [0.4, 0.5) is 0 Å². The van der Waals surface area contributed by atoms with Crippen LogP contribution in [-0.4, -0.2) is 19.1 Å². The second kappa shape index (κ2) is 7.42. The second-order valence-electron chi connectivity index (χ2n) is 5.44. The van der Waals surface area contributed by atoms with Crippen molar-refractivity contribution in [2.45, 2.75) is 46.1 Å². The number of hydrogen-bond acceptors (Lipinski definition) is 2. The summed E-state index contributed by atoms with van der Waals surface area (Å²) in [7, 11) is 0. The summed E-state index contributed by atoms with van der Waals surface area (Å²) in [5.74, 6) is 0.812. The quantitative estimate of drug-likeness (QED) is 0.753. The highest BCUT2D eigenvalue weighted by atomic mass is 15.0. The summed E-state index contributed by atoms with van der Waals surface area (Å²) >= 11 is 0. The van der Waals surface area contributed by atoms with Gasteiger partial charge in [0.1, 0.15) is 0 Å². The first-order chi connectivity index (χ1) is 8.58. The molecule has 2 heteroatoms. The number of allylic oxidation sites excluding steroid dienone is 1. The van der Waals surface area contributed by atoms with Gasteiger partial charge in [0, 0.05) is 24.8 Å². The molecule has 0 aromatic heterocycles. The number of nitrogens with one attached hydrogen (secondary N) is 2. The molecule has 1 rings (SSSR count). The SMILES string of the molecule is C=CC1=C(C(=C)C)CNCC(CCC(C)CC)N1. The normalized spacial score (nSPS) is 22.1. The molecule has 0 saturated heterocycles. The molecule has 0 fully saturated rings. The van der Waals surface area contributed by atoms with Gasteiger partial charge in [-0.2, -0.15) is 0 Å². The average Bonchev–Trinajstić information content (AvgIpc) is 2.57. The highest BCUT2D eigenvalue weighted by molar-refractivity contribution is 5.38. The first kappa shape index (κ1) is 15.0. The molecule has 2 atom stereocenters. The summed E-state index contributed by atoms with van der Waals surface area (Å²) in [5, 5.41) is 7.12. The molecule has 0 spiro atoms. The fraction of sp³-hybridized carbons (Fsp3) is 0.625. The highest BCUT2D eigenvalue weighted by Gasteiger charge is 2.16. The zero-order valence-corrected chi connectivity index (χ0v) is 12.2. The van der Waals surface area contributed by atoms with Gasteiger partial charge < -0.3 is 10.6 Å². The van der Waals surface area contributed by atoms with Gasteiger partial charge in [-0.3, -0.25) is 0 Å². The van der Waals surface area contributed by atoms with Crippen molar-refractivity contribution in [2.75, 3.05) is 13.1 Å². The minimum absolute atomic E-state index is 0.504. The number of hydrogen-bond donors (Lipinski definition) is 2. The van der Waals surface area contributed by atoms with E-state index >= 15 is 0 Å². The van der Waals surface area contributed by atoms with Crippen LogP contribution in [0.25, 0.3) is 0 Å². The van der Waals surface area contributed by atoms with E-state index in [9.17, 15) is 0 Å². The van der Waals surface area contributed by atoms with Crippen LogP contribution in [-0.2, 0) is 0 Å². The van der Waals surface area contributed by atoms with Gasteiger partial charge in [-0.15, -0.1) is 0 Å². The third-order valence-corrected chi connectivity index (χ3v) is 3.80. The van der Waals surface area contributed by atoms with E-state index < -0.39 is 0 Å². The molecule has 2 unspecified atom stereocenters. The standard InChI is InChI=1S/C16H28N2/c1-6-13(5)8-9-14-10-17-11-15(12(3)4)16(7-2)18-14/h7,13-14,17-18H,2-3,6,8-11H2,1,4-5H3.